The van der Waals surface area contributed by atoms with E-state index in [1.54, 1.807) is 4.90 Å². The fraction of sp³-hybridized carbons (Fsp3) is 0.550. The second kappa shape index (κ2) is 7.31. The Kier molecular flexibility index (Phi) is 4.86. The SMILES string of the molecule is Cc1cccc(C(=O)N2CC[C@]3(CC(C(=O)NC[C@@H]4CCCO4)=NO3)C2)c1. The van der Waals surface area contributed by atoms with Gasteiger partial charge >= 0.3 is 0 Å². The van der Waals surface area contributed by atoms with Gasteiger partial charge in [-0.15, -0.1) is 0 Å². The molecule has 0 aliphatic carbocycles. The summed E-state index contributed by atoms with van der Waals surface area (Å²) in [7, 11) is 0. The van der Waals surface area contributed by atoms with Crippen LogP contribution in [0.25, 0.3) is 0 Å². The predicted molar refractivity (Wildman–Crippen MR) is 99.6 cm³/mol. The van der Waals surface area contributed by atoms with E-state index in [4.69, 9.17) is 9.57 Å². The fourth-order valence-corrected chi connectivity index (χ4v) is 3.95. The number of carbonyl (C=O) groups excluding carboxylic acids is 2. The zero-order chi connectivity index (χ0) is 18.9. The van der Waals surface area contributed by atoms with Crippen LogP contribution in [-0.2, 0) is 14.4 Å². The van der Waals surface area contributed by atoms with Gasteiger partial charge in [0.2, 0.25) is 0 Å². The molecule has 2 fully saturated rings. The van der Waals surface area contributed by atoms with Crippen LogP contribution in [0.15, 0.2) is 29.4 Å². The van der Waals surface area contributed by atoms with E-state index in [0.29, 0.717) is 43.8 Å². The Hall–Kier alpha value is -2.41. The molecule has 0 aromatic heterocycles. The van der Waals surface area contributed by atoms with Gasteiger partial charge in [0.05, 0.1) is 12.6 Å². The topological polar surface area (TPSA) is 80.2 Å². The molecule has 144 valence electrons. The molecule has 1 spiro atoms. The number of hydrogen-bond acceptors (Lipinski definition) is 5. The van der Waals surface area contributed by atoms with Crippen molar-refractivity contribution in [1.82, 2.24) is 10.2 Å². The Morgan fingerprint density at radius 1 is 1.41 bits per heavy atom. The molecule has 4 rings (SSSR count). The minimum absolute atomic E-state index is 0.00420. The second-order valence-electron chi connectivity index (χ2n) is 7.68. The fourth-order valence-electron chi connectivity index (χ4n) is 3.95. The van der Waals surface area contributed by atoms with Crippen LogP contribution in [0.3, 0.4) is 0 Å². The van der Waals surface area contributed by atoms with Crippen molar-refractivity contribution in [1.29, 1.82) is 0 Å². The van der Waals surface area contributed by atoms with Crippen molar-refractivity contribution in [3.05, 3.63) is 35.4 Å². The van der Waals surface area contributed by atoms with Gasteiger partial charge < -0.3 is 19.8 Å². The average Bonchev–Trinajstić information content (AvgIpc) is 3.41. The molecule has 1 aromatic rings. The Balaban J connectivity index is 1.32. The third-order valence-electron chi connectivity index (χ3n) is 5.48. The molecule has 3 aliphatic rings. The van der Waals surface area contributed by atoms with Crippen molar-refractivity contribution >= 4 is 17.5 Å². The highest BCUT2D eigenvalue weighted by atomic mass is 16.7. The molecule has 3 aliphatic heterocycles. The first-order valence-corrected chi connectivity index (χ1v) is 9.55. The lowest BCUT2D eigenvalue weighted by Gasteiger charge is -2.21. The van der Waals surface area contributed by atoms with Crippen LogP contribution in [0.2, 0.25) is 0 Å². The summed E-state index contributed by atoms with van der Waals surface area (Å²) < 4.78 is 5.52. The van der Waals surface area contributed by atoms with Crippen LogP contribution in [0.4, 0.5) is 0 Å². The van der Waals surface area contributed by atoms with Gasteiger partial charge in [0.15, 0.2) is 5.60 Å². The number of ether oxygens (including phenoxy) is 1. The number of benzene rings is 1. The molecule has 2 atom stereocenters. The highest BCUT2D eigenvalue weighted by molar-refractivity contribution is 6.39. The first-order chi connectivity index (χ1) is 13.0. The van der Waals surface area contributed by atoms with Crippen molar-refractivity contribution in [2.24, 2.45) is 5.16 Å². The summed E-state index contributed by atoms with van der Waals surface area (Å²) in [5.74, 6) is -0.207. The van der Waals surface area contributed by atoms with Gasteiger partial charge in [-0.1, -0.05) is 22.9 Å². The minimum Gasteiger partial charge on any atom is -0.386 e. The van der Waals surface area contributed by atoms with Crippen molar-refractivity contribution in [3.8, 4) is 0 Å². The van der Waals surface area contributed by atoms with Crippen LogP contribution in [0, 0.1) is 6.92 Å². The molecule has 0 radical (unpaired) electrons. The summed E-state index contributed by atoms with van der Waals surface area (Å²) in [5.41, 5.74) is 1.56. The zero-order valence-electron chi connectivity index (χ0n) is 15.6. The van der Waals surface area contributed by atoms with E-state index in [1.807, 2.05) is 31.2 Å². The smallest absolute Gasteiger partial charge is 0.269 e. The maximum Gasteiger partial charge on any atom is 0.269 e. The summed E-state index contributed by atoms with van der Waals surface area (Å²) in [6.45, 7) is 4.29. The van der Waals surface area contributed by atoms with Gasteiger partial charge in [-0.05, 0) is 31.9 Å². The minimum atomic E-state index is -0.573. The van der Waals surface area contributed by atoms with Crippen molar-refractivity contribution < 1.29 is 19.2 Å². The molecule has 1 aromatic carbocycles. The van der Waals surface area contributed by atoms with E-state index in [9.17, 15) is 9.59 Å². The molecule has 1 N–H and O–H groups in total. The zero-order valence-corrected chi connectivity index (χ0v) is 15.6. The standard InChI is InChI=1S/C20H25N3O4/c1-14-4-2-5-15(10-14)19(25)23-8-7-20(13-23)11-17(22-27-20)18(24)21-12-16-6-3-9-26-16/h2,4-5,10,16H,3,6-9,11-13H2,1H3,(H,21,24)/t16-,20-/m0/s1. The molecule has 2 amide bonds. The number of amides is 2. The van der Waals surface area contributed by atoms with E-state index in [0.717, 1.165) is 25.0 Å². The molecule has 7 heteroatoms. The van der Waals surface area contributed by atoms with Crippen molar-refractivity contribution in [2.45, 2.75) is 44.3 Å². The number of oxime groups is 1. The number of rotatable bonds is 4. The lowest BCUT2D eigenvalue weighted by Crippen LogP contribution is -2.40. The van der Waals surface area contributed by atoms with E-state index < -0.39 is 5.60 Å². The molecular formula is C20H25N3O4. The van der Waals surface area contributed by atoms with E-state index >= 15 is 0 Å². The number of nitrogens with one attached hydrogen (secondary N) is 1. The van der Waals surface area contributed by atoms with Crippen molar-refractivity contribution in [2.75, 3.05) is 26.2 Å². The molecule has 7 nitrogen and oxygen atoms in total. The number of hydrogen-bond donors (Lipinski definition) is 1. The van der Waals surface area contributed by atoms with Gasteiger partial charge in [0.1, 0.15) is 5.71 Å². The highest BCUT2D eigenvalue weighted by Crippen LogP contribution is 2.34. The van der Waals surface area contributed by atoms with Gasteiger partial charge in [-0.25, -0.2) is 0 Å². The van der Waals surface area contributed by atoms with Crippen molar-refractivity contribution in [3.63, 3.8) is 0 Å². The lowest BCUT2D eigenvalue weighted by molar-refractivity contribution is -0.115. The Labute approximate surface area is 158 Å². The van der Waals surface area contributed by atoms with E-state index in [2.05, 4.69) is 10.5 Å². The average molecular weight is 371 g/mol. The molecule has 27 heavy (non-hydrogen) atoms. The molecule has 0 saturated carbocycles. The first-order valence-electron chi connectivity index (χ1n) is 9.55. The summed E-state index contributed by atoms with van der Waals surface area (Å²) >= 11 is 0. The maximum absolute atomic E-state index is 12.7. The molecule has 0 bridgehead atoms. The largest absolute Gasteiger partial charge is 0.386 e. The van der Waals surface area contributed by atoms with Crippen LogP contribution in [-0.4, -0.2) is 60.4 Å². The Bertz CT molecular complexity index is 772. The Morgan fingerprint density at radius 2 is 2.30 bits per heavy atom. The number of carbonyl (C=O) groups is 2. The van der Waals surface area contributed by atoms with Crippen LogP contribution < -0.4 is 5.32 Å². The molecule has 3 heterocycles. The normalized spacial score (nSPS) is 26.9. The number of nitrogens with zero attached hydrogens (tertiary/aromatic N) is 2. The molecule has 2 saturated heterocycles. The molecular weight excluding hydrogens is 346 g/mol. The Morgan fingerprint density at radius 3 is 3.07 bits per heavy atom. The number of likely N-dealkylation sites (tertiary alicyclic amines) is 1. The third-order valence-corrected chi connectivity index (χ3v) is 5.48. The maximum atomic E-state index is 12.7. The monoisotopic (exact) mass is 371 g/mol. The predicted octanol–water partition coefficient (Wildman–Crippen LogP) is 1.65. The van der Waals surface area contributed by atoms with Crippen LogP contribution in [0.5, 0.6) is 0 Å². The number of aryl methyl sites for hydroxylation is 1. The quantitative estimate of drug-likeness (QED) is 0.873. The summed E-state index contributed by atoms with van der Waals surface area (Å²) in [6.07, 6.45) is 3.22. The third kappa shape index (κ3) is 3.83. The van der Waals surface area contributed by atoms with E-state index in [1.165, 1.54) is 0 Å². The lowest BCUT2D eigenvalue weighted by atomic mass is 9.96. The summed E-state index contributed by atoms with van der Waals surface area (Å²) in [5, 5.41) is 6.91. The second-order valence-corrected chi connectivity index (χ2v) is 7.68. The summed E-state index contributed by atoms with van der Waals surface area (Å²) in [4.78, 5) is 32.5. The highest BCUT2D eigenvalue weighted by Gasteiger charge is 2.48. The summed E-state index contributed by atoms with van der Waals surface area (Å²) in [6, 6.07) is 7.58. The van der Waals surface area contributed by atoms with Gasteiger partial charge in [-0.2, -0.15) is 0 Å². The first kappa shape index (κ1) is 18.0. The molecule has 0 unspecified atom stereocenters. The van der Waals surface area contributed by atoms with Crippen LogP contribution in [0.1, 0.15) is 41.6 Å². The van der Waals surface area contributed by atoms with Crippen LogP contribution >= 0.6 is 0 Å². The van der Waals surface area contributed by atoms with Gasteiger partial charge in [-0.3, -0.25) is 9.59 Å². The van der Waals surface area contributed by atoms with Gasteiger partial charge in [0, 0.05) is 38.1 Å². The van der Waals surface area contributed by atoms with E-state index in [-0.39, 0.29) is 17.9 Å². The van der Waals surface area contributed by atoms with Gasteiger partial charge in [0.25, 0.3) is 11.8 Å².